The lowest BCUT2D eigenvalue weighted by atomic mass is 10.0. The minimum Gasteiger partial charge on any atom is -0.478 e. The second-order valence-corrected chi connectivity index (χ2v) is 12.5. The molecular formula is C42H36N2O4. The highest BCUT2D eigenvalue weighted by Gasteiger charge is 2.27. The minimum atomic E-state index is -0.925. The lowest BCUT2D eigenvalue weighted by Crippen LogP contribution is -2.17. The van der Waals surface area contributed by atoms with E-state index in [9.17, 15) is 19.8 Å². The summed E-state index contributed by atoms with van der Waals surface area (Å²) in [4.78, 5) is 27.7. The average molecular weight is 633 g/mol. The van der Waals surface area contributed by atoms with Crippen molar-refractivity contribution in [1.29, 1.82) is 0 Å². The van der Waals surface area contributed by atoms with Crippen molar-refractivity contribution in [3.05, 3.63) is 177 Å². The van der Waals surface area contributed by atoms with Crippen LogP contribution in [-0.4, -0.2) is 29.2 Å². The van der Waals surface area contributed by atoms with Gasteiger partial charge in [-0.1, -0.05) is 66.8 Å². The summed E-state index contributed by atoms with van der Waals surface area (Å²) in [7, 11) is 2.00. The molecule has 0 fully saturated rings. The molecule has 1 aliphatic heterocycles. The highest BCUT2D eigenvalue weighted by molar-refractivity contribution is 5.91. The number of hydrogen-bond acceptors (Lipinski definition) is 4. The summed E-state index contributed by atoms with van der Waals surface area (Å²) in [6.07, 6.45) is 12.1. The number of allylic oxidation sites excluding steroid dienone is 9. The predicted octanol–water partition coefficient (Wildman–Crippen LogP) is 9.36. The predicted molar refractivity (Wildman–Crippen MR) is 192 cm³/mol. The zero-order valence-electron chi connectivity index (χ0n) is 27.0. The van der Waals surface area contributed by atoms with Gasteiger partial charge in [-0.15, -0.1) is 0 Å². The maximum Gasteiger partial charge on any atom is 0.335 e. The molecule has 2 N–H and O–H groups in total. The number of hydrogen-bond donors (Lipinski definition) is 2. The Balaban J connectivity index is 1.31. The molecule has 0 bridgehead atoms. The first-order valence-corrected chi connectivity index (χ1v) is 16.2. The van der Waals surface area contributed by atoms with Gasteiger partial charge in [0.25, 0.3) is 0 Å². The number of nitrogens with zero attached hydrogens (tertiary/aromatic N) is 2. The molecule has 3 aliphatic rings. The number of rotatable bonds is 8. The first kappa shape index (κ1) is 30.8. The Morgan fingerprint density at radius 1 is 0.708 bits per heavy atom. The van der Waals surface area contributed by atoms with E-state index < -0.39 is 11.9 Å². The third-order valence-corrected chi connectivity index (χ3v) is 9.61. The number of para-hydroxylation sites is 2. The molecule has 6 heteroatoms. The zero-order valence-corrected chi connectivity index (χ0v) is 27.0. The van der Waals surface area contributed by atoms with Crippen molar-refractivity contribution in [2.24, 2.45) is 0 Å². The fraction of sp³-hybridized carbons (Fsp3) is 0.143. The van der Waals surface area contributed by atoms with Crippen molar-refractivity contribution in [2.45, 2.75) is 32.6 Å². The number of carboxylic acid groups (broad SMARTS) is 2. The summed E-state index contributed by atoms with van der Waals surface area (Å²) in [5, 5.41) is 19.1. The van der Waals surface area contributed by atoms with Crippen LogP contribution in [0.4, 0.5) is 17.1 Å². The van der Waals surface area contributed by atoms with Crippen molar-refractivity contribution >= 4 is 34.6 Å². The number of carbonyl (C=O) groups is 2. The third kappa shape index (κ3) is 5.77. The highest BCUT2D eigenvalue weighted by Crippen LogP contribution is 2.43. The molecule has 7 rings (SSSR count). The van der Waals surface area contributed by atoms with Crippen LogP contribution in [0.3, 0.4) is 0 Å². The maximum atomic E-state index is 11.6. The van der Waals surface area contributed by atoms with Crippen LogP contribution in [0.5, 0.6) is 0 Å². The van der Waals surface area contributed by atoms with Crippen molar-refractivity contribution in [2.75, 3.05) is 16.8 Å². The Labute approximate surface area is 280 Å². The molecule has 48 heavy (non-hydrogen) atoms. The van der Waals surface area contributed by atoms with E-state index in [4.69, 9.17) is 0 Å². The lowest BCUT2D eigenvalue weighted by molar-refractivity contribution is 0.0686. The Morgan fingerprint density at radius 3 is 1.96 bits per heavy atom. The van der Waals surface area contributed by atoms with Gasteiger partial charge in [-0.05, 0) is 120 Å². The van der Waals surface area contributed by atoms with Crippen LogP contribution in [-0.2, 0) is 12.8 Å². The second-order valence-electron chi connectivity index (χ2n) is 12.5. The molecule has 4 aromatic carbocycles. The van der Waals surface area contributed by atoms with Gasteiger partial charge in [-0.3, -0.25) is 0 Å². The zero-order chi connectivity index (χ0) is 33.4. The number of anilines is 3. The van der Waals surface area contributed by atoms with E-state index >= 15 is 0 Å². The average Bonchev–Trinajstić information content (AvgIpc) is 3.75. The van der Waals surface area contributed by atoms with Crippen molar-refractivity contribution in [1.82, 2.24) is 0 Å². The van der Waals surface area contributed by atoms with E-state index in [1.807, 2.05) is 31.3 Å². The summed E-state index contributed by atoms with van der Waals surface area (Å²) < 4.78 is 0. The Bertz CT molecular complexity index is 2060. The molecule has 4 aromatic rings. The third-order valence-electron chi connectivity index (χ3n) is 9.61. The summed E-state index contributed by atoms with van der Waals surface area (Å²) in [5.41, 5.74) is 13.9. The smallest absolute Gasteiger partial charge is 0.335 e. The van der Waals surface area contributed by atoms with Gasteiger partial charge in [0.2, 0.25) is 0 Å². The molecule has 0 aromatic heterocycles. The minimum absolute atomic E-state index is 0.289. The van der Waals surface area contributed by atoms with Crippen LogP contribution in [0.2, 0.25) is 0 Å². The molecule has 0 saturated carbocycles. The van der Waals surface area contributed by atoms with Gasteiger partial charge in [-0.25, -0.2) is 9.59 Å². The number of benzene rings is 4. The van der Waals surface area contributed by atoms with Crippen molar-refractivity contribution in [3.63, 3.8) is 0 Å². The van der Waals surface area contributed by atoms with Crippen LogP contribution in [0.25, 0.3) is 5.57 Å². The van der Waals surface area contributed by atoms with Gasteiger partial charge in [0.15, 0.2) is 0 Å². The normalized spacial score (nSPS) is 17.2. The van der Waals surface area contributed by atoms with E-state index in [2.05, 4.69) is 89.6 Å². The van der Waals surface area contributed by atoms with Gasteiger partial charge in [-0.2, -0.15) is 0 Å². The molecule has 2 aliphatic carbocycles. The molecule has 0 spiro atoms. The SMILES string of the molecule is CC1=C(/C=C/C2=C(N(c3ccccc3)c3ccccc3)C(=C/C=C3\Cc4ccc(C(=O)O)cc4N3C)/CC2)Cc2ccc(C(=O)O)cc21. The lowest BCUT2D eigenvalue weighted by Gasteiger charge is -2.28. The summed E-state index contributed by atoms with van der Waals surface area (Å²) in [5.74, 6) is -1.84. The molecule has 0 amide bonds. The maximum absolute atomic E-state index is 11.6. The molecule has 0 saturated heterocycles. The molecule has 0 atom stereocenters. The topological polar surface area (TPSA) is 81.1 Å². The first-order chi connectivity index (χ1) is 23.3. The van der Waals surface area contributed by atoms with Gasteiger partial charge in [0, 0.05) is 36.2 Å². The van der Waals surface area contributed by atoms with Gasteiger partial charge in [0.05, 0.1) is 16.8 Å². The van der Waals surface area contributed by atoms with Crippen LogP contribution < -0.4 is 9.80 Å². The van der Waals surface area contributed by atoms with Crippen molar-refractivity contribution < 1.29 is 19.8 Å². The first-order valence-electron chi connectivity index (χ1n) is 16.2. The van der Waals surface area contributed by atoms with Crippen molar-refractivity contribution in [3.8, 4) is 0 Å². The van der Waals surface area contributed by atoms with E-state index in [-0.39, 0.29) is 5.56 Å². The number of carboxylic acids is 2. The Hall–Kier alpha value is -5.88. The molecule has 0 radical (unpaired) electrons. The fourth-order valence-electron chi connectivity index (χ4n) is 6.99. The quantitative estimate of drug-likeness (QED) is 0.202. The van der Waals surface area contributed by atoms with Gasteiger partial charge >= 0.3 is 11.9 Å². The Kier molecular flexibility index (Phi) is 8.15. The number of likely N-dealkylation sites (N-methyl/N-ethyl adjacent to an activating group) is 1. The summed E-state index contributed by atoms with van der Waals surface area (Å²) in [6.45, 7) is 2.08. The van der Waals surface area contributed by atoms with Gasteiger partial charge in [0.1, 0.15) is 0 Å². The standard InChI is InChI=1S/C42H36N2O4/c1-27-30(23-31-17-19-33(41(45)46)25-38(27)31)16-15-28-13-14-29(21-22-37-24-32-18-20-34(42(47)48)26-39(32)43(37)2)40(28)44(35-9-5-3-6-10-35)36-11-7-4-8-12-36/h3-12,15-22,25-26H,13-14,23-24H2,1-2H3,(H,45,46)(H,47,48)/b16-15+,29-21+,37-22+. The molecule has 6 nitrogen and oxygen atoms in total. The molecule has 1 heterocycles. The van der Waals surface area contributed by atoms with Crippen LogP contribution in [0.1, 0.15) is 57.2 Å². The summed E-state index contributed by atoms with van der Waals surface area (Å²) in [6, 6.07) is 31.6. The van der Waals surface area contributed by atoms with Crippen LogP contribution in [0.15, 0.2) is 149 Å². The number of aromatic carboxylic acids is 2. The highest BCUT2D eigenvalue weighted by atomic mass is 16.4. The fourth-order valence-corrected chi connectivity index (χ4v) is 6.99. The monoisotopic (exact) mass is 632 g/mol. The van der Waals surface area contributed by atoms with Crippen LogP contribution >= 0.6 is 0 Å². The number of fused-ring (bicyclic) bond motifs is 2. The van der Waals surface area contributed by atoms with Gasteiger partial charge < -0.3 is 20.0 Å². The van der Waals surface area contributed by atoms with Crippen LogP contribution in [0, 0.1) is 0 Å². The Morgan fingerprint density at radius 2 is 1.31 bits per heavy atom. The van der Waals surface area contributed by atoms with E-state index in [0.29, 0.717) is 5.56 Å². The molecular weight excluding hydrogens is 596 g/mol. The summed E-state index contributed by atoms with van der Waals surface area (Å²) >= 11 is 0. The molecule has 0 unspecified atom stereocenters. The van der Waals surface area contributed by atoms with E-state index in [0.717, 1.165) is 76.4 Å². The van der Waals surface area contributed by atoms with E-state index in [1.54, 1.807) is 24.3 Å². The van der Waals surface area contributed by atoms with E-state index in [1.165, 1.54) is 16.7 Å². The molecule has 238 valence electrons. The largest absolute Gasteiger partial charge is 0.478 e. The second kappa shape index (κ2) is 12.7.